The Balaban J connectivity index is 1.51. The van der Waals surface area contributed by atoms with E-state index in [4.69, 9.17) is 5.73 Å². The third kappa shape index (κ3) is 3.29. The summed E-state index contributed by atoms with van der Waals surface area (Å²) in [6.07, 6.45) is 9.78. The molecule has 3 aromatic heterocycles. The van der Waals surface area contributed by atoms with Crippen LogP contribution in [0.25, 0.3) is 22.6 Å². The van der Waals surface area contributed by atoms with Gasteiger partial charge in [0.1, 0.15) is 11.4 Å². The molecule has 1 saturated carbocycles. The Hall–Kier alpha value is -2.47. The molecule has 0 radical (unpaired) electrons. The minimum absolute atomic E-state index is 0.164. The van der Waals surface area contributed by atoms with Crippen molar-refractivity contribution in [2.45, 2.75) is 45.1 Å². The normalized spacial score (nSPS) is 21.8. The maximum atomic E-state index is 12.8. The van der Waals surface area contributed by atoms with Crippen molar-refractivity contribution >= 4 is 16.8 Å². The minimum atomic E-state index is 0.164. The van der Waals surface area contributed by atoms with Gasteiger partial charge in [-0.3, -0.25) is 4.79 Å². The summed E-state index contributed by atoms with van der Waals surface area (Å²) in [4.78, 5) is 27.9. The number of aromatic nitrogens is 4. The van der Waals surface area contributed by atoms with E-state index in [2.05, 4.69) is 26.9 Å². The van der Waals surface area contributed by atoms with Crippen molar-refractivity contribution in [3.8, 4) is 11.5 Å². The number of nitrogens with zero attached hydrogens (tertiary/aromatic N) is 2. The van der Waals surface area contributed by atoms with Gasteiger partial charge < -0.3 is 15.7 Å². The van der Waals surface area contributed by atoms with E-state index < -0.39 is 0 Å². The van der Waals surface area contributed by atoms with E-state index in [1.54, 1.807) is 18.6 Å². The Bertz CT molecular complexity index is 888. The van der Waals surface area contributed by atoms with Gasteiger partial charge in [0.2, 0.25) is 0 Å². The number of hydrogen-bond donors (Lipinski definition) is 3. The van der Waals surface area contributed by atoms with Gasteiger partial charge in [-0.2, -0.15) is 0 Å². The van der Waals surface area contributed by atoms with Gasteiger partial charge in [0.25, 0.3) is 0 Å². The fraction of sp³-hybridized carbons (Fsp3) is 0.450. The van der Waals surface area contributed by atoms with Crippen LogP contribution in [0.5, 0.6) is 0 Å². The summed E-state index contributed by atoms with van der Waals surface area (Å²) < 4.78 is 0. The van der Waals surface area contributed by atoms with E-state index in [0.29, 0.717) is 18.1 Å². The molecule has 136 valence electrons. The van der Waals surface area contributed by atoms with Crippen LogP contribution in [-0.2, 0) is 11.2 Å². The number of carbonyl (C=O) groups is 1. The van der Waals surface area contributed by atoms with E-state index >= 15 is 0 Å². The number of imidazole rings is 1. The number of hydrogen-bond acceptors (Lipinski definition) is 4. The van der Waals surface area contributed by atoms with Crippen LogP contribution in [0, 0.1) is 11.8 Å². The number of fused-ring (bicyclic) bond motifs is 1. The van der Waals surface area contributed by atoms with Crippen LogP contribution >= 0.6 is 0 Å². The molecular formula is C20H25N5O. The van der Waals surface area contributed by atoms with Gasteiger partial charge in [-0.1, -0.05) is 0 Å². The molecule has 0 aromatic carbocycles. The monoisotopic (exact) mass is 351 g/mol. The Morgan fingerprint density at radius 3 is 2.77 bits per heavy atom. The standard InChI is InChI=1S/C20H25N5O/c1-12(21)13-2-4-14(5-3-13)18(26)10-15-6-7-22-19-16(15)11-17(25-19)20-23-8-9-24-20/h6-9,11-14H,2-5,10,21H2,1H3,(H,22,25)(H,23,24). The molecule has 6 nitrogen and oxygen atoms in total. The average molecular weight is 351 g/mol. The number of Topliss-reactive ketones (excluding diaryl/α,β-unsaturated/α-hetero) is 1. The van der Waals surface area contributed by atoms with Crippen LogP contribution in [0.15, 0.2) is 30.7 Å². The van der Waals surface area contributed by atoms with Gasteiger partial charge in [0.15, 0.2) is 5.82 Å². The van der Waals surface area contributed by atoms with Crippen LogP contribution in [0.2, 0.25) is 0 Å². The van der Waals surface area contributed by atoms with Crippen molar-refractivity contribution in [2.24, 2.45) is 17.6 Å². The second kappa shape index (κ2) is 7.03. The lowest BCUT2D eigenvalue weighted by atomic mass is 9.76. The maximum Gasteiger partial charge on any atom is 0.153 e. The smallest absolute Gasteiger partial charge is 0.153 e. The third-order valence-electron chi connectivity index (χ3n) is 5.71. The molecule has 0 amide bonds. The van der Waals surface area contributed by atoms with E-state index in [-0.39, 0.29) is 12.0 Å². The van der Waals surface area contributed by atoms with Gasteiger partial charge >= 0.3 is 0 Å². The summed E-state index contributed by atoms with van der Waals surface area (Å²) in [6, 6.07) is 4.20. The fourth-order valence-corrected chi connectivity index (χ4v) is 4.08. The Morgan fingerprint density at radius 1 is 1.27 bits per heavy atom. The number of ketones is 1. The molecule has 3 heterocycles. The largest absolute Gasteiger partial charge is 0.343 e. The van der Waals surface area contributed by atoms with E-state index in [1.165, 1.54) is 0 Å². The van der Waals surface area contributed by atoms with Crippen molar-refractivity contribution in [2.75, 3.05) is 0 Å². The molecule has 4 rings (SSSR count). The number of rotatable bonds is 5. The molecule has 1 aliphatic carbocycles. The molecule has 1 unspecified atom stereocenters. The van der Waals surface area contributed by atoms with Crippen LogP contribution in [0.1, 0.15) is 38.2 Å². The second-order valence-electron chi connectivity index (χ2n) is 7.47. The highest BCUT2D eigenvalue weighted by atomic mass is 16.1. The van der Waals surface area contributed by atoms with Gasteiger partial charge in [0.05, 0.1) is 5.69 Å². The molecule has 1 fully saturated rings. The Morgan fingerprint density at radius 2 is 2.08 bits per heavy atom. The van der Waals surface area contributed by atoms with Crippen molar-refractivity contribution in [1.82, 2.24) is 19.9 Å². The Labute approximate surface area is 152 Å². The summed E-state index contributed by atoms with van der Waals surface area (Å²) in [5.74, 6) is 1.83. The molecule has 0 bridgehead atoms. The first kappa shape index (κ1) is 17.0. The molecule has 4 N–H and O–H groups in total. The number of aromatic amines is 2. The van der Waals surface area contributed by atoms with Gasteiger partial charge in [-0.05, 0) is 56.2 Å². The van der Waals surface area contributed by atoms with Crippen molar-refractivity contribution in [3.05, 3.63) is 36.3 Å². The first-order valence-electron chi connectivity index (χ1n) is 9.36. The molecule has 3 aromatic rings. The zero-order chi connectivity index (χ0) is 18.1. The molecule has 0 spiro atoms. The summed E-state index contributed by atoms with van der Waals surface area (Å²) in [5.41, 5.74) is 8.72. The third-order valence-corrected chi connectivity index (χ3v) is 5.71. The van der Waals surface area contributed by atoms with Crippen molar-refractivity contribution in [3.63, 3.8) is 0 Å². The highest BCUT2D eigenvalue weighted by Crippen LogP contribution is 2.32. The van der Waals surface area contributed by atoms with Crippen LogP contribution in [0.3, 0.4) is 0 Å². The van der Waals surface area contributed by atoms with Crippen LogP contribution in [-0.4, -0.2) is 31.8 Å². The van der Waals surface area contributed by atoms with Crippen molar-refractivity contribution in [1.29, 1.82) is 0 Å². The molecule has 6 heteroatoms. The zero-order valence-corrected chi connectivity index (χ0v) is 15.0. The van der Waals surface area contributed by atoms with Gasteiger partial charge in [-0.15, -0.1) is 0 Å². The van der Waals surface area contributed by atoms with Gasteiger partial charge in [-0.25, -0.2) is 9.97 Å². The number of H-pyrrole nitrogens is 2. The molecule has 26 heavy (non-hydrogen) atoms. The lowest BCUT2D eigenvalue weighted by molar-refractivity contribution is -0.123. The lowest BCUT2D eigenvalue weighted by Crippen LogP contribution is -2.32. The van der Waals surface area contributed by atoms with E-state index in [1.807, 2.05) is 12.1 Å². The number of nitrogens with one attached hydrogen (secondary N) is 2. The first-order valence-corrected chi connectivity index (χ1v) is 9.36. The second-order valence-corrected chi connectivity index (χ2v) is 7.47. The first-order chi connectivity index (χ1) is 12.6. The van der Waals surface area contributed by atoms with Gasteiger partial charge in [0, 0.05) is 42.4 Å². The zero-order valence-electron chi connectivity index (χ0n) is 15.0. The highest BCUT2D eigenvalue weighted by molar-refractivity contribution is 5.91. The van der Waals surface area contributed by atoms with E-state index in [9.17, 15) is 4.79 Å². The lowest BCUT2D eigenvalue weighted by Gasteiger charge is -2.30. The molecule has 0 aliphatic heterocycles. The minimum Gasteiger partial charge on any atom is -0.343 e. The number of pyridine rings is 1. The highest BCUT2D eigenvalue weighted by Gasteiger charge is 2.28. The molecule has 1 aliphatic rings. The predicted octanol–water partition coefficient (Wildman–Crippen LogP) is 3.22. The topological polar surface area (TPSA) is 100 Å². The predicted molar refractivity (Wildman–Crippen MR) is 101 cm³/mol. The fourth-order valence-electron chi connectivity index (χ4n) is 4.08. The van der Waals surface area contributed by atoms with Crippen LogP contribution in [0.4, 0.5) is 0 Å². The van der Waals surface area contributed by atoms with E-state index in [0.717, 1.165) is 53.8 Å². The quantitative estimate of drug-likeness (QED) is 0.657. The summed E-state index contributed by atoms with van der Waals surface area (Å²) in [7, 11) is 0. The maximum absolute atomic E-state index is 12.8. The average Bonchev–Trinajstić information content (AvgIpc) is 3.31. The Kier molecular flexibility index (Phi) is 4.59. The summed E-state index contributed by atoms with van der Waals surface area (Å²) in [5, 5.41) is 0.997. The number of nitrogens with two attached hydrogens (primary N) is 1. The van der Waals surface area contributed by atoms with Crippen molar-refractivity contribution < 1.29 is 4.79 Å². The van der Waals surface area contributed by atoms with Crippen LogP contribution < -0.4 is 5.73 Å². The number of carbonyl (C=O) groups excluding carboxylic acids is 1. The SMILES string of the molecule is CC(N)C1CCC(C(=O)Cc2ccnc3[nH]c(-c4ncc[nH]4)cc23)CC1. The molecular weight excluding hydrogens is 326 g/mol. The molecule has 1 atom stereocenters. The molecule has 0 saturated heterocycles. The summed E-state index contributed by atoms with van der Waals surface area (Å²) in [6.45, 7) is 2.07. The summed E-state index contributed by atoms with van der Waals surface area (Å²) >= 11 is 0.